The van der Waals surface area contributed by atoms with E-state index < -0.39 is 0 Å². The Bertz CT molecular complexity index is 244. The summed E-state index contributed by atoms with van der Waals surface area (Å²) in [5.41, 5.74) is 1.09. The summed E-state index contributed by atoms with van der Waals surface area (Å²) in [4.78, 5) is 8.23. The van der Waals surface area contributed by atoms with E-state index in [0.717, 1.165) is 5.69 Å². The van der Waals surface area contributed by atoms with Gasteiger partial charge in [0.05, 0.1) is 11.7 Å². The van der Waals surface area contributed by atoms with Crippen molar-refractivity contribution in [1.82, 2.24) is 15.3 Å². The van der Waals surface area contributed by atoms with E-state index in [-0.39, 0.29) is 0 Å². The van der Waals surface area contributed by atoms with Crippen LogP contribution >= 0.6 is 0 Å². The van der Waals surface area contributed by atoms with Crippen LogP contribution in [-0.2, 0) is 0 Å². The average molecular weight is 193 g/mol. The second kappa shape index (κ2) is 5.70. The third-order valence-electron chi connectivity index (χ3n) is 2.75. The maximum Gasteiger partial charge on any atom is 0.115 e. The highest BCUT2D eigenvalue weighted by atomic mass is 14.9. The zero-order valence-electron chi connectivity index (χ0n) is 9.20. The molecule has 0 radical (unpaired) electrons. The zero-order chi connectivity index (χ0) is 10.4. The SMILES string of the molecule is CCC(CC)C(NC)c1ccncn1. The van der Waals surface area contributed by atoms with Gasteiger partial charge in [-0.25, -0.2) is 9.97 Å². The second-order valence-corrected chi connectivity index (χ2v) is 3.48. The van der Waals surface area contributed by atoms with E-state index in [0.29, 0.717) is 12.0 Å². The van der Waals surface area contributed by atoms with E-state index in [2.05, 4.69) is 29.1 Å². The first-order chi connectivity index (χ1) is 6.83. The summed E-state index contributed by atoms with van der Waals surface area (Å²) in [7, 11) is 1.99. The van der Waals surface area contributed by atoms with Crippen LogP contribution in [0.25, 0.3) is 0 Å². The largest absolute Gasteiger partial charge is 0.311 e. The summed E-state index contributed by atoms with van der Waals surface area (Å²) in [5, 5.41) is 3.33. The Morgan fingerprint density at radius 3 is 2.50 bits per heavy atom. The Hall–Kier alpha value is -0.960. The van der Waals surface area contributed by atoms with Gasteiger partial charge in [-0.1, -0.05) is 26.7 Å². The summed E-state index contributed by atoms with van der Waals surface area (Å²) in [6.45, 7) is 4.44. The Morgan fingerprint density at radius 1 is 1.36 bits per heavy atom. The fourth-order valence-corrected chi connectivity index (χ4v) is 1.87. The minimum absolute atomic E-state index is 0.355. The summed E-state index contributed by atoms with van der Waals surface area (Å²) < 4.78 is 0. The summed E-state index contributed by atoms with van der Waals surface area (Å²) in [5.74, 6) is 0.648. The Morgan fingerprint density at radius 2 is 2.07 bits per heavy atom. The molecule has 1 aromatic heterocycles. The van der Waals surface area contributed by atoms with Crippen molar-refractivity contribution >= 4 is 0 Å². The van der Waals surface area contributed by atoms with Crippen molar-refractivity contribution in [2.24, 2.45) is 5.92 Å². The van der Waals surface area contributed by atoms with E-state index >= 15 is 0 Å². The maximum atomic E-state index is 4.29. The van der Waals surface area contributed by atoms with Crippen molar-refractivity contribution in [1.29, 1.82) is 0 Å². The number of hydrogen-bond acceptors (Lipinski definition) is 3. The zero-order valence-corrected chi connectivity index (χ0v) is 9.20. The standard InChI is InChI=1S/C11H19N3/c1-4-9(5-2)11(12-3)10-6-7-13-8-14-10/h6-9,11-12H,4-5H2,1-3H3. The first-order valence-electron chi connectivity index (χ1n) is 5.26. The van der Waals surface area contributed by atoms with E-state index in [1.165, 1.54) is 12.8 Å². The van der Waals surface area contributed by atoms with Gasteiger partial charge in [-0.15, -0.1) is 0 Å². The molecule has 0 bridgehead atoms. The lowest BCUT2D eigenvalue weighted by molar-refractivity contribution is 0.353. The van der Waals surface area contributed by atoms with Gasteiger partial charge < -0.3 is 5.32 Å². The second-order valence-electron chi connectivity index (χ2n) is 3.48. The smallest absolute Gasteiger partial charge is 0.115 e. The molecule has 3 heteroatoms. The number of aromatic nitrogens is 2. The molecule has 3 nitrogen and oxygen atoms in total. The molecule has 0 aromatic carbocycles. The quantitative estimate of drug-likeness (QED) is 0.778. The summed E-state index contributed by atoms with van der Waals surface area (Å²) >= 11 is 0. The van der Waals surface area contributed by atoms with Crippen LogP contribution in [0.15, 0.2) is 18.6 Å². The predicted molar refractivity (Wildman–Crippen MR) is 57.9 cm³/mol. The molecule has 0 aliphatic heterocycles. The molecule has 0 spiro atoms. The van der Waals surface area contributed by atoms with E-state index in [9.17, 15) is 0 Å². The Labute approximate surface area is 86.0 Å². The first kappa shape index (κ1) is 11.1. The van der Waals surface area contributed by atoms with Crippen molar-refractivity contribution in [3.05, 3.63) is 24.3 Å². The van der Waals surface area contributed by atoms with E-state index in [1.807, 2.05) is 13.1 Å². The summed E-state index contributed by atoms with van der Waals surface area (Å²) in [6.07, 6.45) is 5.76. The lowest BCUT2D eigenvalue weighted by Crippen LogP contribution is -2.25. The van der Waals surface area contributed by atoms with Crippen LogP contribution in [0, 0.1) is 5.92 Å². The molecule has 0 aliphatic rings. The molecule has 1 rings (SSSR count). The highest BCUT2D eigenvalue weighted by molar-refractivity contribution is 5.05. The maximum absolute atomic E-state index is 4.29. The van der Waals surface area contributed by atoms with Crippen molar-refractivity contribution in [2.45, 2.75) is 32.7 Å². The third kappa shape index (κ3) is 2.51. The van der Waals surface area contributed by atoms with Crippen molar-refractivity contribution in [3.8, 4) is 0 Å². The van der Waals surface area contributed by atoms with Gasteiger partial charge in [0.2, 0.25) is 0 Å². The van der Waals surface area contributed by atoms with Crippen LogP contribution < -0.4 is 5.32 Å². The molecule has 0 amide bonds. The highest BCUT2D eigenvalue weighted by Gasteiger charge is 2.19. The number of hydrogen-bond donors (Lipinski definition) is 1. The average Bonchev–Trinajstić information content (AvgIpc) is 2.27. The number of nitrogens with one attached hydrogen (secondary N) is 1. The van der Waals surface area contributed by atoms with E-state index in [4.69, 9.17) is 0 Å². The van der Waals surface area contributed by atoms with Crippen molar-refractivity contribution < 1.29 is 0 Å². The van der Waals surface area contributed by atoms with Gasteiger partial charge in [0.25, 0.3) is 0 Å². The van der Waals surface area contributed by atoms with Crippen LogP contribution in [0.2, 0.25) is 0 Å². The van der Waals surface area contributed by atoms with Crippen LogP contribution in [0.5, 0.6) is 0 Å². The van der Waals surface area contributed by atoms with Gasteiger partial charge in [-0.05, 0) is 19.0 Å². The van der Waals surface area contributed by atoms with Crippen molar-refractivity contribution in [2.75, 3.05) is 7.05 Å². The van der Waals surface area contributed by atoms with Gasteiger partial charge in [0, 0.05) is 6.20 Å². The molecule has 1 heterocycles. The molecule has 14 heavy (non-hydrogen) atoms. The monoisotopic (exact) mass is 193 g/mol. The highest BCUT2D eigenvalue weighted by Crippen LogP contribution is 2.24. The molecule has 1 N–H and O–H groups in total. The van der Waals surface area contributed by atoms with Gasteiger partial charge >= 0.3 is 0 Å². The molecule has 1 unspecified atom stereocenters. The first-order valence-corrected chi connectivity index (χ1v) is 5.26. The molecule has 0 fully saturated rings. The van der Waals surface area contributed by atoms with Crippen LogP contribution in [-0.4, -0.2) is 17.0 Å². The summed E-state index contributed by atoms with van der Waals surface area (Å²) in [6, 6.07) is 2.34. The molecule has 0 saturated carbocycles. The van der Waals surface area contributed by atoms with Crippen LogP contribution in [0.3, 0.4) is 0 Å². The van der Waals surface area contributed by atoms with Gasteiger partial charge in [-0.2, -0.15) is 0 Å². The predicted octanol–water partition coefficient (Wildman–Crippen LogP) is 2.17. The molecular formula is C11H19N3. The molecular weight excluding hydrogens is 174 g/mol. The molecule has 78 valence electrons. The molecule has 0 saturated heterocycles. The van der Waals surface area contributed by atoms with Gasteiger partial charge in [-0.3, -0.25) is 0 Å². The number of nitrogens with zero attached hydrogens (tertiary/aromatic N) is 2. The third-order valence-corrected chi connectivity index (χ3v) is 2.75. The van der Waals surface area contributed by atoms with E-state index in [1.54, 1.807) is 12.5 Å². The van der Waals surface area contributed by atoms with Crippen LogP contribution in [0.4, 0.5) is 0 Å². The molecule has 1 atom stereocenters. The molecule has 1 aromatic rings. The fraction of sp³-hybridized carbons (Fsp3) is 0.636. The van der Waals surface area contributed by atoms with Crippen LogP contribution in [0.1, 0.15) is 38.4 Å². The molecule has 0 aliphatic carbocycles. The van der Waals surface area contributed by atoms with Gasteiger partial charge in [0.15, 0.2) is 0 Å². The Kier molecular flexibility index (Phi) is 4.53. The fourth-order valence-electron chi connectivity index (χ4n) is 1.87. The Balaban J connectivity index is 2.81. The van der Waals surface area contributed by atoms with Crippen molar-refractivity contribution in [3.63, 3.8) is 0 Å². The minimum Gasteiger partial charge on any atom is -0.311 e. The topological polar surface area (TPSA) is 37.8 Å². The minimum atomic E-state index is 0.355. The number of rotatable bonds is 5. The lowest BCUT2D eigenvalue weighted by Gasteiger charge is -2.23. The lowest BCUT2D eigenvalue weighted by atomic mass is 9.92. The van der Waals surface area contributed by atoms with Gasteiger partial charge in [0.1, 0.15) is 6.33 Å². The normalized spacial score (nSPS) is 13.1.